The third-order valence-electron chi connectivity index (χ3n) is 6.20. The molecule has 0 radical (unpaired) electrons. The molecule has 5 rings (SSSR count). The molecular weight excluding hydrogens is 440 g/mol. The number of imide groups is 1. The molecule has 1 saturated heterocycles. The van der Waals surface area contributed by atoms with E-state index in [2.05, 4.69) is 10.3 Å². The van der Waals surface area contributed by atoms with E-state index in [1.54, 1.807) is 36.5 Å². The zero-order valence-corrected chi connectivity index (χ0v) is 18.5. The summed E-state index contributed by atoms with van der Waals surface area (Å²) in [6.45, 7) is -0.178. The van der Waals surface area contributed by atoms with E-state index >= 15 is 0 Å². The third kappa shape index (κ3) is 3.74. The number of carbonyl (C=O) groups excluding carboxylic acids is 3. The van der Waals surface area contributed by atoms with E-state index in [1.165, 1.54) is 4.90 Å². The zero-order valence-electron chi connectivity index (χ0n) is 17.7. The third-order valence-corrected chi connectivity index (χ3v) is 6.45. The lowest BCUT2D eigenvalue weighted by molar-refractivity contribution is -0.134. The summed E-state index contributed by atoms with van der Waals surface area (Å²) in [5, 5.41) is 3.41. The van der Waals surface area contributed by atoms with Crippen molar-refractivity contribution in [3.63, 3.8) is 0 Å². The number of aryl methyl sites for hydroxylation is 1. The number of hydrogen-bond acceptors (Lipinski definition) is 4. The van der Waals surface area contributed by atoms with E-state index in [1.807, 2.05) is 36.4 Å². The summed E-state index contributed by atoms with van der Waals surface area (Å²) >= 11 is 6.02. The molecule has 4 amide bonds. The highest BCUT2D eigenvalue weighted by Gasteiger charge is 2.55. The molecule has 3 aromatic rings. The van der Waals surface area contributed by atoms with Crippen molar-refractivity contribution in [1.82, 2.24) is 15.2 Å². The first-order valence-electron chi connectivity index (χ1n) is 10.7. The fraction of sp³-hybridized carbons (Fsp3) is 0.200. The van der Waals surface area contributed by atoms with Gasteiger partial charge in [0.15, 0.2) is 0 Å². The average molecular weight is 461 g/mol. The molecule has 1 aliphatic carbocycles. The number of fused-ring (bicyclic) bond motifs is 2. The summed E-state index contributed by atoms with van der Waals surface area (Å²) in [6, 6.07) is 19.3. The molecule has 0 bridgehead atoms. The van der Waals surface area contributed by atoms with Crippen molar-refractivity contribution >= 4 is 35.1 Å². The van der Waals surface area contributed by atoms with Gasteiger partial charge in [-0.15, -0.1) is 0 Å². The van der Waals surface area contributed by atoms with Gasteiger partial charge in [-0.1, -0.05) is 41.9 Å². The topological polar surface area (TPSA) is 82.6 Å². The van der Waals surface area contributed by atoms with E-state index in [9.17, 15) is 14.4 Å². The van der Waals surface area contributed by atoms with Gasteiger partial charge in [-0.2, -0.15) is 0 Å². The Kier molecular flexibility index (Phi) is 5.34. The number of rotatable bonds is 5. The van der Waals surface area contributed by atoms with Gasteiger partial charge in [-0.3, -0.25) is 19.5 Å². The van der Waals surface area contributed by atoms with Crippen LogP contribution < -0.4 is 10.2 Å². The normalized spacial score (nSPS) is 19.0. The van der Waals surface area contributed by atoms with E-state index in [0.29, 0.717) is 29.2 Å². The fourth-order valence-corrected chi connectivity index (χ4v) is 4.68. The van der Waals surface area contributed by atoms with Crippen molar-refractivity contribution in [2.24, 2.45) is 0 Å². The Balaban J connectivity index is 1.42. The molecule has 1 unspecified atom stereocenters. The monoisotopic (exact) mass is 460 g/mol. The summed E-state index contributed by atoms with van der Waals surface area (Å²) < 4.78 is 0. The molecule has 1 fully saturated rings. The van der Waals surface area contributed by atoms with Crippen LogP contribution in [0.25, 0.3) is 0 Å². The summed E-state index contributed by atoms with van der Waals surface area (Å²) in [4.78, 5) is 46.5. The minimum atomic E-state index is -1.10. The first kappa shape index (κ1) is 21.2. The van der Waals surface area contributed by atoms with Crippen LogP contribution in [-0.2, 0) is 28.1 Å². The second-order valence-corrected chi connectivity index (χ2v) is 8.60. The maximum absolute atomic E-state index is 13.4. The molecule has 1 aromatic heterocycles. The number of nitrogens with one attached hydrogen (secondary N) is 1. The maximum atomic E-state index is 13.4. The second kappa shape index (κ2) is 8.33. The standard InChI is InChI=1S/C25H21ClN4O3/c26-18-8-10-20(11-9-18)29(15-19-6-3-4-14-27-19)22(31)16-30-23(32)25(28-24(30)33)13-12-17-5-1-2-7-21(17)25/h1-11,14H,12-13,15-16H2,(H,28,33). The van der Waals surface area contributed by atoms with Crippen molar-refractivity contribution < 1.29 is 14.4 Å². The average Bonchev–Trinajstić information content (AvgIpc) is 3.32. The molecule has 1 N–H and O–H groups in total. The lowest BCUT2D eigenvalue weighted by Gasteiger charge is -2.25. The highest BCUT2D eigenvalue weighted by Crippen LogP contribution is 2.41. The Hall–Kier alpha value is -3.71. The minimum absolute atomic E-state index is 0.193. The van der Waals surface area contributed by atoms with E-state index in [-0.39, 0.29) is 19.0 Å². The number of carbonyl (C=O) groups is 3. The van der Waals surface area contributed by atoms with Crippen LogP contribution in [0.4, 0.5) is 10.5 Å². The van der Waals surface area contributed by atoms with Gasteiger partial charge >= 0.3 is 6.03 Å². The van der Waals surface area contributed by atoms with E-state index in [0.717, 1.165) is 16.0 Å². The maximum Gasteiger partial charge on any atom is 0.325 e. The first-order chi connectivity index (χ1) is 16.0. The van der Waals surface area contributed by atoms with Crippen LogP contribution in [0.5, 0.6) is 0 Å². The summed E-state index contributed by atoms with van der Waals surface area (Å²) in [6.07, 6.45) is 2.83. The van der Waals surface area contributed by atoms with Crippen molar-refractivity contribution in [3.05, 3.63) is 94.8 Å². The van der Waals surface area contributed by atoms with Crippen LogP contribution in [0.15, 0.2) is 72.9 Å². The molecule has 2 heterocycles. The Morgan fingerprint density at radius 1 is 1.06 bits per heavy atom. The highest BCUT2D eigenvalue weighted by molar-refractivity contribution is 6.30. The predicted octanol–water partition coefficient (Wildman–Crippen LogP) is 3.66. The Labute approximate surface area is 196 Å². The largest absolute Gasteiger partial charge is 0.325 e. The first-order valence-corrected chi connectivity index (χ1v) is 11.0. The zero-order chi connectivity index (χ0) is 23.0. The summed E-state index contributed by atoms with van der Waals surface area (Å²) in [5.41, 5.74) is 2.03. The lowest BCUT2D eigenvalue weighted by Crippen LogP contribution is -2.45. The number of anilines is 1. The Bertz CT molecular complexity index is 1230. The molecular formula is C25H21ClN4O3. The lowest BCUT2D eigenvalue weighted by atomic mass is 9.92. The fourth-order valence-electron chi connectivity index (χ4n) is 4.55. The predicted molar refractivity (Wildman–Crippen MR) is 124 cm³/mol. The number of pyridine rings is 1. The number of amides is 4. The quantitative estimate of drug-likeness (QED) is 0.589. The highest BCUT2D eigenvalue weighted by atomic mass is 35.5. The van der Waals surface area contributed by atoms with Gasteiger partial charge in [-0.25, -0.2) is 4.79 Å². The van der Waals surface area contributed by atoms with Crippen molar-refractivity contribution in [2.75, 3.05) is 11.4 Å². The summed E-state index contributed by atoms with van der Waals surface area (Å²) in [7, 11) is 0. The number of urea groups is 1. The Morgan fingerprint density at radius 2 is 1.82 bits per heavy atom. The van der Waals surface area contributed by atoms with Gasteiger partial charge < -0.3 is 10.2 Å². The van der Waals surface area contributed by atoms with Gasteiger partial charge in [0.1, 0.15) is 12.1 Å². The van der Waals surface area contributed by atoms with Gasteiger partial charge in [-0.05, 0) is 60.4 Å². The van der Waals surface area contributed by atoms with Gasteiger partial charge in [0.2, 0.25) is 5.91 Å². The molecule has 1 aliphatic heterocycles. The number of benzene rings is 2. The molecule has 166 valence electrons. The number of hydrogen-bond donors (Lipinski definition) is 1. The molecule has 8 heteroatoms. The number of aromatic nitrogens is 1. The molecule has 2 aromatic carbocycles. The van der Waals surface area contributed by atoms with E-state index < -0.39 is 17.5 Å². The number of halogens is 1. The van der Waals surface area contributed by atoms with Crippen molar-refractivity contribution in [3.8, 4) is 0 Å². The summed E-state index contributed by atoms with van der Waals surface area (Å²) in [5.74, 6) is -0.783. The van der Waals surface area contributed by atoms with Gasteiger partial charge in [0.25, 0.3) is 5.91 Å². The van der Waals surface area contributed by atoms with Crippen LogP contribution in [0.2, 0.25) is 5.02 Å². The number of nitrogens with zero attached hydrogens (tertiary/aromatic N) is 3. The molecule has 2 aliphatic rings. The van der Waals surface area contributed by atoms with Crippen LogP contribution in [0.1, 0.15) is 23.2 Å². The van der Waals surface area contributed by atoms with Crippen LogP contribution >= 0.6 is 11.6 Å². The molecule has 0 saturated carbocycles. The van der Waals surface area contributed by atoms with E-state index in [4.69, 9.17) is 11.6 Å². The van der Waals surface area contributed by atoms with Crippen LogP contribution in [0.3, 0.4) is 0 Å². The molecule has 7 nitrogen and oxygen atoms in total. The SMILES string of the molecule is O=C1NC2(CCc3ccccc32)C(=O)N1CC(=O)N(Cc1ccccn1)c1ccc(Cl)cc1. The molecule has 1 spiro atoms. The Morgan fingerprint density at radius 3 is 2.58 bits per heavy atom. The smallest absolute Gasteiger partial charge is 0.319 e. The van der Waals surface area contributed by atoms with Crippen molar-refractivity contribution in [1.29, 1.82) is 0 Å². The van der Waals surface area contributed by atoms with Crippen molar-refractivity contribution in [2.45, 2.75) is 24.9 Å². The second-order valence-electron chi connectivity index (χ2n) is 8.16. The molecule has 33 heavy (non-hydrogen) atoms. The van der Waals surface area contributed by atoms with Crippen LogP contribution in [0, 0.1) is 0 Å². The minimum Gasteiger partial charge on any atom is -0.319 e. The van der Waals surface area contributed by atoms with Gasteiger partial charge in [0, 0.05) is 16.9 Å². The van der Waals surface area contributed by atoms with Gasteiger partial charge in [0.05, 0.1) is 12.2 Å². The van der Waals surface area contributed by atoms with Crippen LogP contribution in [-0.4, -0.2) is 34.3 Å². The molecule has 1 atom stereocenters.